The number of aryl methyl sites for hydroxylation is 1. The lowest BCUT2D eigenvalue weighted by molar-refractivity contribution is -0.140. The van der Waals surface area contributed by atoms with Crippen LogP contribution in [0.5, 0.6) is 5.75 Å². The van der Waals surface area contributed by atoms with E-state index in [1.54, 1.807) is 18.2 Å². The van der Waals surface area contributed by atoms with Crippen molar-refractivity contribution < 1.29 is 23.8 Å². The van der Waals surface area contributed by atoms with Crippen LogP contribution in [0.3, 0.4) is 0 Å². The number of benzene rings is 3. The van der Waals surface area contributed by atoms with Crippen molar-refractivity contribution in [2.75, 3.05) is 19.8 Å². The topological polar surface area (TPSA) is 55.8 Å². The minimum Gasteiger partial charge on any atom is -0.490 e. The van der Waals surface area contributed by atoms with Crippen molar-refractivity contribution in [3.8, 4) is 28.0 Å². The number of hydrogen-bond donors (Lipinski definition) is 1. The van der Waals surface area contributed by atoms with Crippen LogP contribution in [0.15, 0.2) is 78.9 Å². The third kappa shape index (κ3) is 7.03. The van der Waals surface area contributed by atoms with E-state index >= 15 is 0 Å². The Balaban J connectivity index is 1.58. The van der Waals surface area contributed by atoms with Crippen molar-refractivity contribution in [3.63, 3.8) is 0 Å². The summed E-state index contributed by atoms with van der Waals surface area (Å²) in [6, 6.07) is 20.7. The normalized spacial score (nSPS) is 10.7. The third-order valence-electron chi connectivity index (χ3n) is 5.56. The van der Waals surface area contributed by atoms with Gasteiger partial charge >= 0.3 is 5.97 Å². The van der Waals surface area contributed by atoms with Crippen LogP contribution >= 0.6 is 0 Å². The third-order valence-corrected chi connectivity index (χ3v) is 5.56. The second kappa shape index (κ2) is 12.7. The van der Waals surface area contributed by atoms with Gasteiger partial charge in [-0.15, -0.1) is 0 Å². The lowest BCUT2D eigenvalue weighted by atomic mass is 9.98. The van der Waals surface area contributed by atoms with Crippen LogP contribution in [0.1, 0.15) is 31.7 Å². The van der Waals surface area contributed by atoms with Gasteiger partial charge in [0, 0.05) is 5.56 Å². The van der Waals surface area contributed by atoms with E-state index < -0.39 is 12.6 Å². The maximum Gasteiger partial charge on any atom is 0.335 e. The van der Waals surface area contributed by atoms with Gasteiger partial charge in [0.15, 0.2) is 0 Å². The SMILES string of the molecule is C=C(CO)C(=O)OCCOc1ccc(-c2ccc(-c3ccc(CCCCC)cc3)c(F)c2)cc1. The number of rotatable bonds is 12. The summed E-state index contributed by atoms with van der Waals surface area (Å²) in [4.78, 5) is 11.4. The molecule has 34 heavy (non-hydrogen) atoms. The van der Waals surface area contributed by atoms with Gasteiger partial charge in [0.1, 0.15) is 24.8 Å². The standard InChI is InChI=1S/C29H31FO4/c1-3-4-5-6-22-7-9-24(10-8-22)27-16-13-25(19-28(27)30)23-11-14-26(15-12-23)33-17-18-34-29(32)21(2)20-31/h7-16,19,31H,2-6,17-18,20H2,1H3. The molecule has 0 aromatic heterocycles. The molecule has 3 aromatic carbocycles. The van der Waals surface area contributed by atoms with Gasteiger partial charge in [0.25, 0.3) is 0 Å². The average molecular weight is 463 g/mol. The summed E-state index contributed by atoms with van der Waals surface area (Å²) in [6.45, 7) is 5.38. The van der Waals surface area contributed by atoms with Crippen LogP contribution in [-0.2, 0) is 16.0 Å². The molecule has 0 heterocycles. The summed E-state index contributed by atoms with van der Waals surface area (Å²) >= 11 is 0. The molecule has 0 radical (unpaired) electrons. The zero-order chi connectivity index (χ0) is 24.3. The van der Waals surface area contributed by atoms with Crippen molar-refractivity contribution in [1.82, 2.24) is 0 Å². The van der Waals surface area contributed by atoms with Gasteiger partial charge < -0.3 is 14.6 Å². The first-order valence-electron chi connectivity index (χ1n) is 11.6. The molecule has 0 aliphatic carbocycles. The van der Waals surface area contributed by atoms with Gasteiger partial charge in [-0.05, 0) is 53.3 Å². The quantitative estimate of drug-likeness (QED) is 0.193. The Kier molecular flexibility index (Phi) is 9.41. The van der Waals surface area contributed by atoms with E-state index in [-0.39, 0.29) is 24.6 Å². The number of aliphatic hydroxyl groups excluding tert-OH is 1. The smallest absolute Gasteiger partial charge is 0.335 e. The van der Waals surface area contributed by atoms with Crippen molar-refractivity contribution in [1.29, 1.82) is 0 Å². The van der Waals surface area contributed by atoms with Crippen LogP contribution in [0.4, 0.5) is 4.39 Å². The Morgan fingerprint density at radius 1 is 0.912 bits per heavy atom. The maximum atomic E-state index is 14.9. The van der Waals surface area contributed by atoms with Gasteiger partial charge in [0.05, 0.1) is 12.2 Å². The summed E-state index contributed by atoms with van der Waals surface area (Å²) in [5.41, 5.74) is 4.39. The number of carbonyl (C=O) groups is 1. The Hall–Kier alpha value is -3.44. The lowest BCUT2D eigenvalue weighted by Crippen LogP contribution is -2.14. The number of carbonyl (C=O) groups excluding carboxylic acids is 1. The maximum absolute atomic E-state index is 14.9. The number of halogens is 1. The predicted molar refractivity (Wildman–Crippen MR) is 133 cm³/mol. The monoisotopic (exact) mass is 462 g/mol. The highest BCUT2D eigenvalue weighted by atomic mass is 19.1. The van der Waals surface area contributed by atoms with Gasteiger partial charge in [0.2, 0.25) is 0 Å². The van der Waals surface area contributed by atoms with Gasteiger partial charge in [-0.2, -0.15) is 0 Å². The number of hydrogen-bond acceptors (Lipinski definition) is 4. The summed E-state index contributed by atoms with van der Waals surface area (Å²) in [7, 11) is 0. The van der Waals surface area contributed by atoms with E-state index in [0.29, 0.717) is 11.3 Å². The second-order valence-corrected chi connectivity index (χ2v) is 8.12. The molecule has 0 saturated carbocycles. The number of ether oxygens (including phenoxy) is 2. The molecule has 0 amide bonds. The van der Waals surface area contributed by atoms with E-state index in [4.69, 9.17) is 14.6 Å². The van der Waals surface area contributed by atoms with Crippen LogP contribution in [0.25, 0.3) is 22.3 Å². The van der Waals surface area contributed by atoms with Gasteiger partial charge in [-0.3, -0.25) is 0 Å². The summed E-state index contributed by atoms with van der Waals surface area (Å²) < 4.78 is 25.4. The fraction of sp³-hybridized carbons (Fsp3) is 0.276. The van der Waals surface area contributed by atoms with E-state index in [1.807, 2.05) is 36.4 Å². The van der Waals surface area contributed by atoms with E-state index in [0.717, 1.165) is 23.1 Å². The minimum absolute atomic E-state index is 0.00188. The first kappa shape index (κ1) is 25.2. The molecular formula is C29H31FO4. The molecular weight excluding hydrogens is 431 g/mol. The first-order chi connectivity index (χ1) is 16.5. The average Bonchev–Trinajstić information content (AvgIpc) is 2.87. The van der Waals surface area contributed by atoms with Gasteiger partial charge in [-0.25, -0.2) is 9.18 Å². The Labute approximate surface area is 200 Å². The summed E-state index contributed by atoms with van der Waals surface area (Å²) in [6.07, 6.45) is 4.66. The molecule has 0 fully saturated rings. The highest BCUT2D eigenvalue weighted by Gasteiger charge is 2.09. The Morgan fingerprint density at radius 3 is 2.24 bits per heavy atom. The molecule has 1 N–H and O–H groups in total. The molecule has 3 aromatic rings. The van der Waals surface area contributed by atoms with E-state index in [2.05, 4.69) is 25.6 Å². The largest absolute Gasteiger partial charge is 0.490 e. The fourth-order valence-corrected chi connectivity index (χ4v) is 3.56. The summed E-state index contributed by atoms with van der Waals surface area (Å²) in [5.74, 6) is -0.297. The molecule has 0 bridgehead atoms. The zero-order valence-electron chi connectivity index (χ0n) is 19.6. The van der Waals surface area contributed by atoms with Crippen molar-refractivity contribution in [2.24, 2.45) is 0 Å². The molecule has 178 valence electrons. The number of esters is 1. The number of unbranched alkanes of at least 4 members (excludes halogenated alkanes) is 2. The van der Waals surface area contributed by atoms with Crippen LogP contribution in [0.2, 0.25) is 0 Å². The molecule has 0 unspecified atom stereocenters. The highest BCUT2D eigenvalue weighted by molar-refractivity contribution is 5.87. The molecule has 0 spiro atoms. The first-order valence-corrected chi connectivity index (χ1v) is 11.6. The van der Waals surface area contributed by atoms with Gasteiger partial charge in [-0.1, -0.05) is 74.9 Å². The molecule has 0 saturated heterocycles. The fourth-order valence-electron chi connectivity index (χ4n) is 3.56. The van der Waals surface area contributed by atoms with Crippen LogP contribution in [-0.4, -0.2) is 30.9 Å². The lowest BCUT2D eigenvalue weighted by Gasteiger charge is -2.10. The molecule has 4 nitrogen and oxygen atoms in total. The van der Waals surface area contributed by atoms with E-state index in [9.17, 15) is 9.18 Å². The second-order valence-electron chi connectivity index (χ2n) is 8.12. The Bertz CT molecular complexity index is 1090. The van der Waals surface area contributed by atoms with Crippen LogP contribution < -0.4 is 4.74 Å². The molecule has 0 aliphatic rings. The Morgan fingerprint density at radius 2 is 1.59 bits per heavy atom. The van der Waals surface area contributed by atoms with Crippen LogP contribution in [0, 0.1) is 5.82 Å². The van der Waals surface area contributed by atoms with Crippen molar-refractivity contribution in [3.05, 3.63) is 90.3 Å². The highest BCUT2D eigenvalue weighted by Crippen LogP contribution is 2.29. The predicted octanol–water partition coefficient (Wildman–Crippen LogP) is 6.36. The molecule has 5 heteroatoms. The molecule has 0 atom stereocenters. The minimum atomic E-state index is -0.644. The zero-order valence-corrected chi connectivity index (χ0v) is 19.6. The van der Waals surface area contributed by atoms with E-state index in [1.165, 1.54) is 24.8 Å². The molecule has 0 aliphatic heterocycles. The number of aliphatic hydroxyl groups is 1. The van der Waals surface area contributed by atoms with Crippen molar-refractivity contribution >= 4 is 5.97 Å². The van der Waals surface area contributed by atoms with Crippen molar-refractivity contribution in [2.45, 2.75) is 32.6 Å². The summed E-state index contributed by atoms with van der Waals surface area (Å²) in [5, 5.41) is 8.84. The molecule has 3 rings (SSSR count).